The number of hydrogen-bond donors (Lipinski definition) is 1. The molecular formula is C16H25ClN2O2. The van der Waals surface area contributed by atoms with E-state index in [1.807, 2.05) is 0 Å². The first-order valence-corrected chi connectivity index (χ1v) is 7.83. The van der Waals surface area contributed by atoms with E-state index in [2.05, 4.69) is 37.6 Å². The van der Waals surface area contributed by atoms with Gasteiger partial charge in [-0.25, -0.2) is 9.78 Å². The number of carboxylic acids is 1. The maximum atomic E-state index is 11.2. The van der Waals surface area contributed by atoms with E-state index >= 15 is 0 Å². The van der Waals surface area contributed by atoms with Crippen LogP contribution in [0.3, 0.4) is 0 Å². The summed E-state index contributed by atoms with van der Waals surface area (Å²) >= 11 is 5.89. The number of rotatable bonds is 8. The van der Waals surface area contributed by atoms with Crippen LogP contribution < -0.4 is 4.90 Å². The van der Waals surface area contributed by atoms with Gasteiger partial charge in [0, 0.05) is 13.1 Å². The topological polar surface area (TPSA) is 53.4 Å². The molecule has 0 atom stereocenters. The van der Waals surface area contributed by atoms with Gasteiger partial charge in [0.2, 0.25) is 0 Å². The Labute approximate surface area is 132 Å². The zero-order valence-electron chi connectivity index (χ0n) is 13.3. The number of aromatic carboxylic acids is 1. The highest BCUT2D eigenvalue weighted by Gasteiger charge is 2.15. The third-order valence-corrected chi connectivity index (χ3v) is 3.62. The van der Waals surface area contributed by atoms with Crippen molar-refractivity contribution in [1.29, 1.82) is 0 Å². The van der Waals surface area contributed by atoms with Crippen LogP contribution in [-0.4, -0.2) is 29.1 Å². The highest BCUT2D eigenvalue weighted by atomic mass is 35.5. The molecule has 1 N–H and O–H groups in total. The smallest absolute Gasteiger partial charge is 0.356 e. The molecule has 118 valence electrons. The molecule has 4 nitrogen and oxygen atoms in total. The Balaban J connectivity index is 2.95. The van der Waals surface area contributed by atoms with E-state index in [0.717, 1.165) is 25.9 Å². The molecule has 21 heavy (non-hydrogen) atoms. The molecule has 0 bridgehead atoms. The fraction of sp³-hybridized carbons (Fsp3) is 0.625. The Morgan fingerprint density at radius 1 is 1.19 bits per heavy atom. The van der Waals surface area contributed by atoms with Crippen molar-refractivity contribution in [2.24, 2.45) is 11.8 Å². The normalized spacial score (nSPS) is 11.2. The van der Waals surface area contributed by atoms with Crippen LogP contribution in [0.1, 0.15) is 51.0 Å². The highest BCUT2D eigenvalue weighted by Crippen LogP contribution is 2.21. The van der Waals surface area contributed by atoms with Crippen LogP contribution in [0.25, 0.3) is 0 Å². The number of aromatic nitrogens is 1. The second-order valence-electron chi connectivity index (χ2n) is 6.16. The molecule has 0 radical (unpaired) electrons. The Kier molecular flexibility index (Phi) is 6.96. The van der Waals surface area contributed by atoms with Gasteiger partial charge in [0.15, 0.2) is 5.69 Å². The molecule has 1 heterocycles. The lowest BCUT2D eigenvalue weighted by Gasteiger charge is -2.26. The molecule has 0 saturated carbocycles. The van der Waals surface area contributed by atoms with Crippen LogP contribution in [-0.2, 0) is 0 Å². The van der Waals surface area contributed by atoms with E-state index in [0.29, 0.717) is 17.7 Å². The second-order valence-corrected chi connectivity index (χ2v) is 6.56. The molecule has 1 aromatic rings. The SMILES string of the molecule is CC(C)CCN(CCC(C)C)c1ccc(Cl)c(C(=O)O)n1. The van der Waals surface area contributed by atoms with Gasteiger partial charge in [-0.15, -0.1) is 0 Å². The summed E-state index contributed by atoms with van der Waals surface area (Å²) in [4.78, 5) is 17.5. The summed E-state index contributed by atoms with van der Waals surface area (Å²) in [6, 6.07) is 3.42. The van der Waals surface area contributed by atoms with Crippen LogP contribution in [0, 0.1) is 11.8 Å². The van der Waals surface area contributed by atoms with Gasteiger partial charge in [-0.1, -0.05) is 39.3 Å². The Morgan fingerprint density at radius 2 is 1.71 bits per heavy atom. The maximum Gasteiger partial charge on any atom is 0.356 e. The minimum atomic E-state index is -1.09. The van der Waals surface area contributed by atoms with Crippen LogP contribution in [0.2, 0.25) is 5.02 Å². The van der Waals surface area contributed by atoms with Crippen LogP contribution >= 0.6 is 11.6 Å². The van der Waals surface area contributed by atoms with Crippen molar-refractivity contribution in [3.8, 4) is 0 Å². The lowest BCUT2D eigenvalue weighted by atomic mass is 10.1. The number of hydrogen-bond acceptors (Lipinski definition) is 3. The summed E-state index contributed by atoms with van der Waals surface area (Å²) in [6.07, 6.45) is 2.09. The molecule has 0 saturated heterocycles. The van der Waals surface area contributed by atoms with Crippen LogP contribution in [0.15, 0.2) is 12.1 Å². The van der Waals surface area contributed by atoms with Gasteiger partial charge >= 0.3 is 5.97 Å². The van der Waals surface area contributed by atoms with Crippen molar-refractivity contribution in [3.05, 3.63) is 22.8 Å². The number of nitrogens with zero attached hydrogens (tertiary/aromatic N) is 2. The van der Waals surface area contributed by atoms with Crippen molar-refractivity contribution in [2.45, 2.75) is 40.5 Å². The van der Waals surface area contributed by atoms with Gasteiger partial charge in [0.05, 0.1) is 5.02 Å². The quantitative estimate of drug-likeness (QED) is 0.776. The Hall–Kier alpha value is -1.29. The summed E-state index contributed by atoms with van der Waals surface area (Å²) in [5.41, 5.74) is -0.0757. The molecule has 0 unspecified atom stereocenters. The molecule has 0 amide bonds. The number of halogens is 1. The molecule has 0 spiro atoms. The first-order chi connectivity index (χ1) is 9.81. The zero-order valence-corrected chi connectivity index (χ0v) is 14.0. The Morgan fingerprint density at radius 3 is 2.14 bits per heavy atom. The molecule has 0 aromatic carbocycles. The summed E-state index contributed by atoms with van der Waals surface area (Å²) in [5, 5.41) is 9.32. The van der Waals surface area contributed by atoms with Gasteiger partial charge in [0.25, 0.3) is 0 Å². The number of pyridine rings is 1. The molecule has 1 aromatic heterocycles. The van der Waals surface area contributed by atoms with E-state index in [-0.39, 0.29) is 10.7 Å². The van der Waals surface area contributed by atoms with Crippen molar-refractivity contribution < 1.29 is 9.90 Å². The largest absolute Gasteiger partial charge is 0.476 e. The minimum Gasteiger partial charge on any atom is -0.476 e. The van der Waals surface area contributed by atoms with E-state index in [1.165, 1.54) is 0 Å². The van der Waals surface area contributed by atoms with Crippen LogP contribution in [0.5, 0.6) is 0 Å². The molecule has 0 aliphatic rings. The van der Waals surface area contributed by atoms with Crippen LogP contribution in [0.4, 0.5) is 5.82 Å². The van der Waals surface area contributed by atoms with Crippen molar-refractivity contribution in [2.75, 3.05) is 18.0 Å². The van der Waals surface area contributed by atoms with Gasteiger partial charge in [-0.3, -0.25) is 0 Å². The van der Waals surface area contributed by atoms with Gasteiger partial charge < -0.3 is 10.0 Å². The van der Waals surface area contributed by atoms with E-state index in [9.17, 15) is 4.79 Å². The first-order valence-electron chi connectivity index (χ1n) is 7.46. The van der Waals surface area contributed by atoms with Gasteiger partial charge in [-0.2, -0.15) is 0 Å². The monoisotopic (exact) mass is 312 g/mol. The summed E-state index contributed by atoms with van der Waals surface area (Å²) in [6.45, 7) is 10.5. The average molecular weight is 313 g/mol. The highest BCUT2D eigenvalue weighted by molar-refractivity contribution is 6.33. The maximum absolute atomic E-state index is 11.2. The summed E-state index contributed by atoms with van der Waals surface area (Å²) in [7, 11) is 0. The number of anilines is 1. The third kappa shape index (κ3) is 5.92. The molecule has 0 aliphatic heterocycles. The molecule has 1 rings (SSSR count). The first kappa shape index (κ1) is 17.8. The predicted octanol–water partition coefficient (Wildman–Crippen LogP) is 4.33. The fourth-order valence-corrected chi connectivity index (χ4v) is 2.11. The molecule has 5 heteroatoms. The van der Waals surface area contributed by atoms with E-state index in [4.69, 9.17) is 16.7 Å². The number of carbonyl (C=O) groups is 1. The van der Waals surface area contributed by atoms with E-state index < -0.39 is 5.97 Å². The standard InChI is InChI=1S/C16H25ClN2O2/c1-11(2)7-9-19(10-8-12(3)4)14-6-5-13(17)15(18-14)16(20)21/h5-6,11-12H,7-10H2,1-4H3,(H,20,21). The summed E-state index contributed by atoms with van der Waals surface area (Å²) in [5.74, 6) is 0.795. The molecule has 0 fully saturated rings. The lowest BCUT2D eigenvalue weighted by molar-refractivity contribution is 0.0691. The zero-order chi connectivity index (χ0) is 16.0. The number of carboxylic acid groups (broad SMARTS) is 1. The lowest BCUT2D eigenvalue weighted by Crippen LogP contribution is -2.28. The van der Waals surface area contributed by atoms with Crippen molar-refractivity contribution >= 4 is 23.4 Å². The fourth-order valence-electron chi connectivity index (χ4n) is 1.93. The Bertz CT molecular complexity index is 463. The van der Waals surface area contributed by atoms with Gasteiger partial charge in [0.1, 0.15) is 5.82 Å². The van der Waals surface area contributed by atoms with E-state index in [1.54, 1.807) is 12.1 Å². The molecule has 0 aliphatic carbocycles. The minimum absolute atomic E-state index is 0.0757. The second kappa shape index (κ2) is 8.23. The van der Waals surface area contributed by atoms with Gasteiger partial charge in [-0.05, 0) is 36.8 Å². The van der Waals surface area contributed by atoms with Crippen molar-refractivity contribution in [3.63, 3.8) is 0 Å². The van der Waals surface area contributed by atoms with Crippen molar-refractivity contribution in [1.82, 2.24) is 4.98 Å². The molecular weight excluding hydrogens is 288 g/mol. The summed E-state index contributed by atoms with van der Waals surface area (Å²) < 4.78 is 0. The third-order valence-electron chi connectivity index (χ3n) is 3.31. The predicted molar refractivity (Wildman–Crippen MR) is 87.3 cm³/mol. The average Bonchev–Trinajstić information content (AvgIpc) is 2.39.